The summed E-state index contributed by atoms with van der Waals surface area (Å²) in [7, 11) is 0. The lowest BCUT2D eigenvalue weighted by Gasteiger charge is -2.62. The number of carbonyl (C=O) groups excluding carboxylic acids is 1. The molecule has 0 spiro atoms. The zero-order valence-electron chi connectivity index (χ0n) is 19.2. The largest absolute Gasteiger partial charge is 0.490 e. The van der Waals surface area contributed by atoms with Crippen LogP contribution < -0.4 is 4.74 Å². The highest BCUT2D eigenvalue weighted by Gasteiger charge is 2.72. The number of benzene rings is 1. The minimum atomic E-state index is -0.159. The summed E-state index contributed by atoms with van der Waals surface area (Å²) in [4.78, 5) is 11.6. The van der Waals surface area contributed by atoms with Crippen LogP contribution in [0, 0.1) is 28.6 Å². The van der Waals surface area contributed by atoms with Gasteiger partial charge in [0.05, 0.1) is 17.0 Å². The van der Waals surface area contributed by atoms with E-state index in [4.69, 9.17) is 14.2 Å². The van der Waals surface area contributed by atoms with Crippen LogP contribution in [-0.4, -0.2) is 35.2 Å². The number of hydrogen-bond acceptors (Lipinski definition) is 4. The molecule has 5 heteroatoms. The molecule has 4 unspecified atom stereocenters. The van der Waals surface area contributed by atoms with Crippen LogP contribution in [0.3, 0.4) is 0 Å². The average molecular weight is 503 g/mol. The van der Waals surface area contributed by atoms with E-state index in [0.717, 1.165) is 44.5 Å². The maximum atomic E-state index is 11.6. The summed E-state index contributed by atoms with van der Waals surface area (Å²) in [5.41, 5.74) is 0.422. The molecule has 4 saturated carbocycles. The van der Waals surface area contributed by atoms with Gasteiger partial charge in [0.1, 0.15) is 18.0 Å². The standard InChI is InChI=1S/C27H35BrO4/c1-17(29)31-19-10-13-26-16-30-24(27(26,28)15-19)14-20-21-8-9-23(25(21,2)12-11-22(20)26)32-18-6-4-3-5-7-18/h3-7,19-24H,8-16H2,1-2H3/t19?,20-,21-,22-,23?,24?,25-,26-,27?/m0/s1. The van der Waals surface area contributed by atoms with Gasteiger partial charge in [-0.2, -0.15) is 0 Å². The number of ether oxygens (including phenoxy) is 3. The van der Waals surface area contributed by atoms with E-state index in [1.54, 1.807) is 0 Å². The Morgan fingerprint density at radius 3 is 2.69 bits per heavy atom. The van der Waals surface area contributed by atoms with Crippen LogP contribution in [0.25, 0.3) is 0 Å². The first-order valence-electron chi connectivity index (χ1n) is 12.6. The molecule has 5 aliphatic rings. The van der Waals surface area contributed by atoms with Gasteiger partial charge in [0.2, 0.25) is 0 Å². The van der Waals surface area contributed by atoms with E-state index in [2.05, 4.69) is 53.2 Å². The first-order valence-corrected chi connectivity index (χ1v) is 13.3. The minimum Gasteiger partial charge on any atom is -0.490 e. The van der Waals surface area contributed by atoms with Crippen LogP contribution in [0.4, 0.5) is 0 Å². The van der Waals surface area contributed by atoms with Gasteiger partial charge >= 0.3 is 5.97 Å². The van der Waals surface area contributed by atoms with Crippen molar-refractivity contribution in [2.45, 2.75) is 87.9 Å². The topological polar surface area (TPSA) is 44.8 Å². The molecule has 174 valence electrons. The Balaban J connectivity index is 1.26. The second-order valence-electron chi connectivity index (χ2n) is 11.4. The lowest BCUT2D eigenvalue weighted by molar-refractivity contribution is -0.154. The molecule has 1 aromatic rings. The number of halogens is 1. The molecule has 0 amide bonds. The van der Waals surface area contributed by atoms with Crippen molar-refractivity contribution in [3.05, 3.63) is 30.3 Å². The van der Waals surface area contributed by atoms with E-state index in [-0.39, 0.29) is 33.3 Å². The Kier molecular flexibility index (Phi) is 5.01. The van der Waals surface area contributed by atoms with Crippen LogP contribution in [0.2, 0.25) is 0 Å². The molecule has 4 aliphatic carbocycles. The number of carbonyl (C=O) groups is 1. The van der Waals surface area contributed by atoms with Crippen molar-refractivity contribution in [2.24, 2.45) is 28.6 Å². The van der Waals surface area contributed by atoms with E-state index in [0.29, 0.717) is 23.9 Å². The number of rotatable bonds is 3. The van der Waals surface area contributed by atoms with Crippen molar-refractivity contribution in [3.63, 3.8) is 0 Å². The van der Waals surface area contributed by atoms with Crippen molar-refractivity contribution in [3.8, 4) is 5.75 Å². The molecule has 1 aromatic carbocycles. The van der Waals surface area contributed by atoms with Crippen LogP contribution in [0.1, 0.15) is 65.2 Å². The molecule has 0 aromatic heterocycles. The predicted molar refractivity (Wildman–Crippen MR) is 126 cm³/mol. The molecule has 1 saturated heterocycles. The van der Waals surface area contributed by atoms with Crippen LogP contribution >= 0.6 is 15.9 Å². The van der Waals surface area contributed by atoms with Gasteiger partial charge in [0, 0.05) is 24.2 Å². The smallest absolute Gasteiger partial charge is 0.302 e. The van der Waals surface area contributed by atoms with Crippen molar-refractivity contribution in [1.29, 1.82) is 0 Å². The molecule has 32 heavy (non-hydrogen) atoms. The Morgan fingerprint density at radius 1 is 1.09 bits per heavy atom. The van der Waals surface area contributed by atoms with Gasteiger partial charge in [-0.3, -0.25) is 4.79 Å². The molecule has 6 rings (SSSR count). The van der Waals surface area contributed by atoms with Gasteiger partial charge in [-0.25, -0.2) is 0 Å². The fourth-order valence-corrected chi connectivity index (χ4v) is 10.1. The van der Waals surface area contributed by atoms with Crippen molar-refractivity contribution in [1.82, 2.24) is 0 Å². The monoisotopic (exact) mass is 502 g/mol. The third-order valence-corrected chi connectivity index (χ3v) is 11.8. The van der Waals surface area contributed by atoms with Gasteiger partial charge in [0.25, 0.3) is 0 Å². The van der Waals surface area contributed by atoms with E-state index in [9.17, 15) is 4.79 Å². The van der Waals surface area contributed by atoms with Crippen LogP contribution in [0.5, 0.6) is 5.75 Å². The summed E-state index contributed by atoms with van der Waals surface area (Å²) in [6, 6.07) is 10.4. The number of hydrogen-bond donors (Lipinski definition) is 0. The number of esters is 1. The fraction of sp³-hybridized carbons (Fsp3) is 0.741. The van der Waals surface area contributed by atoms with Gasteiger partial charge in [0.15, 0.2) is 0 Å². The molecule has 1 heterocycles. The summed E-state index contributed by atoms with van der Waals surface area (Å²) >= 11 is 4.25. The zero-order chi connectivity index (χ0) is 22.1. The molecule has 0 N–H and O–H groups in total. The van der Waals surface area contributed by atoms with E-state index in [1.807, 2.05) is 0 Å². The normalized spacial score (nSPS) is 49.0. The van der Waals surface area contributed by atoms with E-state index >= 15 is 0 Å². The summed E-state index contributed by atoms with van der Waals surface area (Å²) in [5.74, 6) is 2.96. The number of alkyl halides is 1. The highest BCUT2D eigenvalue weighted by atomic mass is 79.9. The second kappa shape index (κ2) is 7.46. The summed E-state index contributed by atoms with van der Waals surface area (Å²) in [6.45, 7) is 4.90. The second-order valence-corrected chi connectivity index (χ2v) is 12.9. The lowest BCUT2D eigenvalue weighted by Crippen LogP contribution is -2.64. The quantitative estimate of drug-likeness (QED) is 0.380. The zero-order valence-corrected chi connectivity index (χ0v) is 20.8. The maximum absolute atomic E-state index is 11.6. The highest BCUT2D eigenvalue weighted by Crippen LogP contribution is 2.72. The lowest BCUT2D eigenvalue weighted by atomic mass is 9.45. The van der Waals surface area contributed by atoms with E-state index in [1.165, 1.54) is 26.2 Å². The Labute approximate surface area is 199 Å². The van der Waals surface area contributed by atoms with Crippen molar-refractivity contribution in [2.75, 3.05) is 6.61 Å². The molecular weight excluding hydrogens is 468 g/mol. The van der Waals surface area contributed by atoms with Crippen molar-refractivity contribution >= 4 is 21.9 Å². The highest BCUT2D eigenvalue weighted by molar-refractivity contribution is 9.10. The number of fused-ring (bicyclic) bond motifs is 3. The third-order valence-electron chi connectivity index (χ3n) is 10.2. The van der Waals surface area contributed by atoms with Gasteiger partial charge in [-0.15, -0.1) is 0 Å². The molecule has 1 aliphatic heterocycles. The predicted octanol–water partition coefficient (Wildman–Crippen LogP) is 5.91. The molecule has 0 radical (unpaired) electrons. The molecule has 5 fully saturated rings. The summed E-state index contributed by atoms with van der Waals surface area (Å²) in [6.07, 6.45) is 9.55. The molecule has 9 atom stereocenters. The van der Waals surface area contributed by atoms with Crippen molar-refractivity contribution < 1.29 is 19.0 Å². The van der Waals surface area contributed by atoms with Crippen LogP contribution in [0.15, 0.2) is 30.3 Å². The molecule has 2 bridgehead atoms. The first kappa shape index (κ1) is 21.5. The van der Waals surface area contributed by atoms with Crippen LogP contribution in [-0.2, 0) is 14.3 Å². The minimum absolute atomic E-state index is 0.0183. The third kappa shape index (κ3) is 2.92. The first-order chi connectivity index (χ1) is 15.4. The SMILES string of the molecule is CC(=O)OC1CC[C@]23COC(C[C@@H]4[C@@H]2CC[C@]2(C)C(Oc5ccccc5)CC[C@@H]42)C3(Br)C1. The van der Waals surface area contributed by atoms with E-state index < -0.39 is 0 Å². The van der Waals surface area contributed by atoms with Gasteiger partial charge < -0.3 is 14.2 Å². The van der Waals surface area contributed by atoms with Gasteiger partial charge in [-0.1, -0.05) is 41.1 Å². The molecular formula is C27H35BrO4. The number of para-hydroxylation sites is 1. The average Bonchev–Trinajstić information content (AvgIpc) is 3.16. The Bertz CT molecular complexity index is 891. The Hall–Kier alpha value is -1.07. The summed E-state index contributed by atoms with van der Waals surface area (Å²) < 4.78 is 18.8. The maximum Gasteiger partial charge on any atom is 0.302 e. The van der Waals surface area contributed by atoms with Gasteiger partial charge in [-0.05, 0) is 74.8 Å². The Morgan fingerprint density at radius 2 is 1.91 bits per heavy atom. The summed E-state index contributed by atoms with van der Waals surface area (Å²) in [5, 5.41) is 0. The fourth-order valence-electron chi connectivity index (χ4n) is 8.84. The molecule has 4 nitrogen and oxygen atoms in total.